The van der Waals surface area contributed by atoms with E-state index in [0.29, 0.717) is 12.8 Å². The average Bonchev–Trinajstić information content (AvgIpc) is 2.89. The van der Waals surface area contributed by atoms with Crippen LogP contribution in [0.3, 0.4) is 0 Å². The van der Waals surface area contributed by atoms with Crippen LogP contribution >= 0.6 is 0 Å². The molecule has 0 aliphatic rings. The van der Waals surface area contributed by atoms with Crippen molar-refractivity contribution in [3.8, 4) is 0 Å². The molecular weight excluding hydrogens is 526 g/mol. The Morgan fingerprint density at radius 2 is 1.27 bits per heavy atom. The number of rotatable bonds is 19. The molecule has 0 unspecified atom stereocenters. The number of aliphatic carboxylic acids is 1. The zero-order valence-electron chi connectivity index (χ0n) is 23.6. The molecule has 5 amide bonds. The maximum absolute atomic E-state index is 13.4. The van der Waals surface area contributed by atoms with Gasteiger partial charge >= 0.3 is 5.97 Å². The highest BCUT2D eigenvalue weighted by atomic mass is 16.4. The molecule has 16 heteroatoms. The Bertz CT molecular complexity index is 924. The number of hydrogen-bond acceptors (Lipinski definition) is 8. The van der Waals surface area contributed by atoms with Crippen molar-refractivity contribution in [2.45, 2.75) is 84.0 Å². The van der Waals surface area contributed by atoms with E-state index in [2.05, 4.69) is 26.3 Å². The van der Waals surface area contributed by atoms with Crippen LogP contribution in [0.15, 0.2) is 4.99 Å². The summed E-state index contributed by atoms with van der Waals surface area (Å²) in [6, 6.07) is -4.94. The molecule has 0 rings (SSSR count). The fourth-order valence-electron chi connectivity index (χ4n) is 3.59. The largest absolute Gasteiger partial charge is 0.480 e. The molecule has 0 saturated carbocycles. The van der Waals surface area contributed by atoms with Crippen LogP contribution in [-0.2, 0) is 28.8 Å². The van der Waals surface area contributed by atoms with Crippen molar-refractivity contribution in [3.05, 3.63) is 0 Å². The topological polar surface area (TPSA) is 287 Å². The van der Waals surface area contributed by atoms with E-state index in [1.54, 1.807) is 20.8 Å². The SMILES string of the molecule is CC[C@H](C)[C@H](NC(=O)CN)C(=O)N[C@H](C(=O)N[C@@H](CCCN=C(N)N)C(=O)N[C@@H](CC(N)=O)C(=O)O)[C@@H](C)CC. The second kappa shape index (κ2) is 18.4. The molecule has 0 aromatic rings. The average molecular weight is 572 g/mol. The first-order valence-corrected chi connectivity index (χ1v) is 13.1. The molecule has 0 saturated heterocycles. The van der Waals surface area contributed by atoms with E-state index in [1.807, 2.05) is 6.92 Å². The Morgan fingerprint density at radius 3 is 1.73 bits per heavy atom. The van der Waals surface area contributed by atoms with Crippen molar-refractivity contribution in [1.82, 2.24) is 21.3 Å². The highest BCUT2D eigenvalue weighted by molar-refractivity contribution is 5.95. The van der Waals surface area contributed by atoms with Gasteiger partial charge < -0.3 is 49.3 Å². The van der Waals surface area contributed by atoms with Crippen molar-refractivity contribution >= 4 is 41.5 Å². The van der Waals surface area contributed by atoms with Crippen molar-refractivity contribution in [2.75, 3.05) is 13.1 Å². The fraction of sp³-hybridized carbons (Fsp3) is 0.708. The Labute approximate surface area is 233 Å². The van der Waals surface area contributed by atoms with E-state index in [4.69, 9.17) is 22.9 Å². The summed E-state index contributed by atoms with van der Waals surface area (Å²) in [5, 5.41) is 19.4. The predicted molar refractivity (Wildman–Crippen MR) is 147 cm³/mol. The van der Waals surface area contributed by atoms with Gasteiger partial charge in [-0.1, -0.05) is 40.5 Å². The van der Waals surface area contributed by atoms with Crippen LogP contribution in [0.5, 0.6) is 0 Å². The minimum atomic E-state index is -1.62. The summed E-state index contributed by atoms with van der Waals surface area (Å²) in [5.41, 5.74) is 21.1. The Kier molecular flexibility index (Phi) is 16.5. The number of carboxylic acids is 1. The van der Waals surface area contributed by atoms with Crippen LogP contribution < -0.4 is 44.2 Å². The third kappa shape index (κ3) is 13.2. The summed E-state index contributed by atoms with van der Waals surface area (Å²) < 4.78 is 0. The van der Waals surface area contributed by atoms with Gasteiger partial charge in [-0.15, -0.1) is 0 Å². The maximum atomic E-state index is 13.4. The summed E-state index contributed by atoms with van der Waals surface area (Å²) in [6.45, 7) is 6.93. The number of hydrogen-bond donors (Lipinski definition) is 9. The Balaban J connectivity index is 5.98. The van der Waals surface area contributed by atoms with E-state index < -0.39 is 72.0 Å². The minimum Gasteiger partial charge on any atom is -0.480 e. The normalized spacial score (nSPS) is 15.2. The zero-order valence-corrected chi connectivity index (χ0v) is 23.6. The lowest BCUT2D eigenvalue weighted by atomic mass is 9.94. The van der Waals surface area contributed by atoms with Crippen LogP contribution in [0, 0.1) is 11.8 Å². The van der Waals surface area contributed by atoms with E-state index >= 15 is 0 Å². The smallest absolute Gasteiger partial charge is 0.326 e. The molecular formula is C24H45N9O7. The van der Waals surface area contributed by atoms with Crippen LogP contribution in [0.1, 0.15) is 59.8 Å². The van der Waals surface area contributed by atoms with Gasteiger partial charge in [0.2, 0.25) is 29.5 Å². The van der Waals surface area contributed by atoms with Crippen LogP contribution in [0.25, 0.3) is 0 Å². The summed E-state index contributed by atoms with van der Waals surface area (Å²) in [6.07, 6.45) is 0.596. The number of primary amides is 1. The summed E-state index contributed by atoms with van der Waals surface area (Å²) in [5.74, 6) is -6.00. The van der Waals surface area contributed by atoms with E-state index in [9.17, 15) is 33.9 Å². The molecule has 6 atom stereocenters. The van der Waals surface area contributed by atoms with E-state index in [1.165, 1.54) is 0 Å². The lowest BCUT2D eigenvalue weighted by molar-refractivity contribution is -0.144. The number of amides is 5. The highest BCUT2D eigenvalue weighted by Crippen LogP contribution is 2.13. The summed E-state index contributed by atoms with van der Waals surface area (Å²) in [7, 11) is 0. The quantitative estimate of drug-likeness (QED) is 0.0430. The first-order valence-electron chi connectivity index (χ1n) is 13.1. The third-order valence-corrected chi connectivity index (χ3v) is 6.39. The second-order valence-corrected chi connectivity index (χ2v) is 9.59. The number of nitrogens with zero attached hydrogens (tertiary/aromatic N) is 1. The van der Waals surface area contributed by atoms with Gasteiger partial charge in [0.05, 0.1) is 13.0 Å². The standard InChI is InChI=1S/C24H45N9O7/c1-5-12(3)18(32-17(35)11-25)22(38)33-19(13(4)6-2)21(37)30-14(8-7-9-29-24(27)28)20(36)31-15(23(39)40)10-16(26)34/h12-15,18-19H,5-11,25H2,1-4H3,(H2,26,34)(H,30,37)(H,31,36)(H,32,35)(H,33,38)(H,39,40)(H4,27,28,29)/t12-,13-,14-,15-,18-,19-/m0/s1. The molecule has 13 N–H and O–H groups in total. The molecule has 0 heterocycles. The fourth-order valence-corrected chi connectivity index (χ4v) is 3.59. The molecule has 0 aromatic heterocycles. The molecule has 0 bridgehead atoms. The summed E-state index contributed by atoms with van der Waals surface area (Å²) >= 11 is 0. The van der Waals surface area contributed by atoms with Gasteiger partial charge in [0.25, 0.3) is 0 Å². The van der Waals surface area contributed by atoms with Gasteiger partial charge in [0, 0.05) is 6.54 Å². The van der Waals surface area contributed by atoms with Crippen LogP contribution in [0.4, 0.5) is 0 Å². The minimum absolute atomic E-state index is 0.000483. The molecule has 16 nitrogen and oxygen atoms in total. The van der Waals surface area contributed by atoms with Crippen molar-refractivity contribution in [3.63, 3.8) is 0 Å². The van der Waals surface area contributed by atoms with E-state index in [0.717, 1.165) is 0 Å². The first kappa shape index (κ1) is 36.0. The van der Waals surface area contributed by atoms with Crippen molar-refractivity contribution in [2.24, 2.45) is 39.8 Å². The van der Waals surface area contributed by atoms with Gasteiger partial charge in [0.15, 0.2) is 5.96 Å². The number of nitrogens with two attached hydrogens (primary N) is 4. The number of carboxylic acid groups (broad SMARTS) is 1. The molecule has 0 aliphatic carbocycles. The molecule has 0 spiro atoms. The molecule has 40 heavy (non-hydrogen) atoms. The lowest BCUT2D eigenvalue weighted by Crippen LogP contribution is -2.60. The van der Waals surface area contributed by atoms with Crippen molar-refractivity contribution < 1.29 is 33.9 Å². The number of carbonyl (C=O) groups is 6. The number of carbonyl (C=O) groups excluding carboxylic acids is 5. The van der Waals surface area contributed by atoms with Crippen LogP contribution in [-0.4, -0.2) is 83.8 Å². The van der Waals surface area contributed by atoms with Gasteiger partial charge in [-0.2, -0.15) is 0 Å². The number of guanidine groups is 1. The molecule has 0 radical (unpaired) electrons. The monoisotopic (exact) mass is 571 g/mol. The molecule has 228 valence electrons. The Hall–Kier alpha value is -3.95. The number of aliphatic imine (C=N–C) groups is 1. The van der Waals surface area contributed by atoms with Gasteiger partial charge in [-0.05, 0) is 24.7 Å². The molecule has 0 aromatic carbocycles. The maximum Gasteiger partial charge on any atom is 0.326 e. The molecule has 0 aliphatic heterocycles. The number of nitrogens with one attached hydrogen (secondary N) is 4. The van der Waals surface area contributed by atoms with Crippen molar-refractivity contribution in [1.29, 1.82) is 0 Å². The zero-order chi connectivity index (χ0) is 31.0. The predicted octanol–water partition coefficient (Wildman–Crippen LogP) is -3.01. The van der Waals surface area contributed by atoms with Gasteiger partial charge in [-0.3, -0.25) is 29.0 Å². The highest BCUT2D eigenvalue weighted by Gasteiger charge is 2.34. The lowest BCUT2D eigenvalue weighted by Gasteiger charge is -2.30. The third-order valence-electron chi connectivity index (χ3n) is 6.39. The first-order chi connectivity index (χ1) is 18.7. The van der Waals surface area contributed by atoms with Crippen LogP contribution in [0.2, 0.25) is 0 Å². The molecule has 0 fully saturated rings. The Morgan fingerprint density at radius 1 is 0.775 bits per heavy atom. The van der Waals surface area contributed by atoms with Gasteiger partial charge in [-0.25, -0.2) is 4.79 Å². The summed E-state index contributed by atoms with van der Waals surface area (Å²) in [4.78, 5) is 78.1. The van der Waals surface area contributed by atoms with Gasteiger partial charge in [0.1, 0.15) is 24.2 Å². The second-order valence-electron chi connectivity index (χ2n) is 9.59. The van der Waals surface area contributed by atoms with E-state index in [-0.39, 0.29) is 37.8 Å².